The molecule has 2 amide bonds. The molecule has 0 fully saturated rings. The van der Waals surface area contributed by atoms with Crippen molar-refractivity contribution in [3.05, 3.63) is 47.5 Å². The Balaban J connectivity index is 2.25. The number of carbonyl (C=O) groups is 1. The van der Waals surface area contributed by atoms with E-state index in [2.05, 4.69) is 28.6 Å². The van der Waals surface area contributed by atoms with Gasteiger partial charge in [0.05, 0.1) is 18.3 Å². The van der Waals surface area contributed by atoms with Gasteiger partial charge in [-0.05, 0) is 65.2 Å². The molecule has 11 heteroatoms. The number of carbonyl (C=O) groups excluding carboxylic acids is 1. The molecule has 0 aliphatic heterocycles. The fourth-order valence-electron chi connectivity index (χ4n) is 4.42. The first kappa shape index (κ1) is 31.7. The number of sulfonamides is 1. The van der Waals surface area contributed by atoms with Crippen LogP contribution in [0.3, 0.4) is 0 Å². The number of aromatic nitrogens is 3. The number of urea groups is 1. The summed E-state index contributed by atoms with van der Waals surface area (Å²) in [5, 5.41) is 4.68. The third kappa shape index (κ3) is 9.67. The highest BCUT2D eigenvalue weighted by Crippen LogP contribution is 2.20. The largest absolute Gasteiger partial charge is 0.325 e. The normalized spacial score (nSPS) is 12.6. The lowest BCUT2D eigenvalue weighted by molar-refractivity contribution is 0.164. The summed E-state index contributed by atoms with van der Waals surface area (Å²) in [4.78, 5) is 23.1. The van der Waals surface area contributed by atoms with Crippen LogP contribution in [-0.4, -0.2) is 89.4 Å². The van der Waals surface area contributed by atoms with Crippen molar-refractivity contribution in [2.24, 2.45) is 0 Å². The minimum atomic E-state index is -3.55. The van der Waals surface area contributed by atoms with Gasteiger partial charge in [0, 0.05) is 26.7 Å². The molecule has 0 unspecified atom stereocenters. The zero-order valence-electron chi connectivity index (χ0n) is 24.1. The lowest BCUT2D eigenvalue weighted by atomic mass is 10.1. The Hall–Kier alpha value is -2.50. The van der Waals surface area contributed by atoms with E-state index in [9.17, 15) is 13.2 Å². The molecule has 0 radical (unpaired) electrons. The Bertz CT molecular complexity index is 1070. The van der Waals surface area contributed by atoms with Gasteiger partial charge in [-0.3, -0.25) is 0 Å². The summed E-state index contributed by atoms with van der Waals surface area (Å²) in [6.45, 7) is 14.7. The number of hydrogen-bond acceptors (Lipinski definition) is 6. The number of nitrogens with one attached hydrogen (secondary N) is 1. The van der Waals surface area contributed by atoms with Gasteiger partial charge in [0.2, 0.25) is 10.0 Å². The molecule has 2 rings (SSSR count). The van der Waals surface area contributed by atoms with Crippen molar-refractivity contribution in [3.8, 4) is 0 Å². The quantitative estimate of drug-likeness (QED) is 0.324. The standard InChI is InChI=1S/C27H47N7O3S/c1-7-32(8-2)20-15-21-38(36,37)30-24(19-18-23-16-13-12-14-17-23)26-28-25(34(11-5)29-26)22-31(6)27(35)33(9-3)10-4/h12-14,16-17,24,30H,7-11,15,18-22H2,1-6H3/t24-/m1/s1. The van der Waals surface area contributed by atoms with Gasteiger partial charge in [0.25, 0.3) is 0 Å². The number of amides is 2. The number of rotatable bonds is 17. The predicted octanol–water partition coefficient (Wildman–Crippen LogP) is 3.52. The molecule has 0 saturated carbocycles. The van der Waals surface area contributed by atoms with Crippen LogP contribution in [0, 0.1) is 0 Å². The van der Waals surface area contributed by atoms with Crippen LogP contribution in [0.2, 0.25) is 0 Å². The SMILES string of the molecule is CCN(CC)CCCS(=O)(=O)N[C@H](CCc1ccccc1)c1nc(CN(C)C(=O)N(CC)CC)n(CC)n1. The van der Waals surface area contributed by atoms with Crippen LogP contribution in [0.25, 0.3) is 0 Å². The highest BCUT2D eigenvalue weighted by molar-refractivity contribution is 7.89. The molecule has 0 saturated heterocycles. The predicted molar refractivity (Wildman–Crippen MR) is 152 cm³/mol. The van der Waals surface area contributed by atoms with E-state index >= 15 is 0 Å². The smallest absolute Gasteiger partial charge is 0.320 e. The Morgan fingerprint density at radius 1 is 1.03 bits per heavy atom. The van der Waals surface area contributed by atoms with E-state index in [0.29, 0.717) is 50.5 Å². The van der Waals surface area contributed by atoms with E-state index in [1.165, 1.54) is 0 Å². The number of aryl methyl sites for hydroxylation is 2. The summed E-state index contributed by atoms with van der Waals surface area (Å²) in [5.74, 6) is 1.12. The molecule has 0 aliphatic carbocycles. The van der Waals surface area contributed by atoms with Gasteiger partial charge in [0.1, 0.15) is 5.82 Å². The van der Waals surface area contributed by atoms with Crippen molar-refractivity contribution in [1.29, 1.82) is 0 Å². The molecule has 1 heterocycles. The first-order valence-electron chi connectivity index (χ1n) is 13.9. The van der Waals surface area contributed by atoms with Crippen LogP contribution in [0.15, 0.2) is 30.3 Å². The Kier molecular flexibility index (Phi) is 13.2. The number of nitrogens with zero attached hydrogens (tertiary/aromatic N) is 6. The second-order valence-corrected chi connectivity index (χ2v) is 11.3. The topological polar surface area (TPSA) is 104 Å². The van der Waals surface area contributed by atoms with Gasteiger partial charge in [0.15, 0.2) is 5.82 Å². The van der Waals surface area contributed by atoms with Crippen molar-refractivity contribution in [1.82, 2.24) is 34.2 Å². The van der Waals surface area contributed by atoms with Gasteiger partial charge >= 0.3 is 6.03 Å². The first-order chi connectivity index (χ1) is 18.2. The Labute approximate surface area is 229 Å². The fraction of sp³-hybridized carbons (Fsp3) is 0.667. The molecule has 0 spiro atoms. The molecule has 2 aromatic rings. The molecule has 214 valence electrons. The lowest BCUT2D eigenvalue weighted by Crippen LogP contribution is -2.41. The summed E-state index contributed by atoms with van der Waals surface area (Å²) in [7, 11) is -1.80. The first-order valence-corrected chi connectivity index (χ1v) is 15.5. The average molecular weight is 550 g/mol. The van der Waals surface area contributed by atoms with E-state index in [4.69, 9.17) is 4.98 Å². The minimum absolute atomic E-state index is 0.0494. The van der Waals surface area contributed by atoms with Gasteiger partial charge in [-0.25, -0.2) is 27.6 Å². The molecular weight excluding hydrogens is 502 g/mol. The van der Waals surface area contributed by atoms with Crippen LogP contribution < -0.4 is 4.72 Å². The van der Waals surface area contributed by atoms with E-state index in [-0.39, 0.29) is 18.3 Å². The molecule has 0 bridgehead atoms. The van der Waals surface area contributed by atoms with Crippen molar-refractivity contribution < 1.29 is 13.2 Å². The molecule has 1 aromatic heterocycles. The summed E-state index contributed by atoms with van der Waals surface area (Å²) in [6.07, 6.45) is 1.77. The number of hydrogen-bond donors (Lipinski definition) is 1. The van der Waals surface area contributed by atoms with E-state index in [0.717, 1.165) is 25.2 Å². The average Bonchev–Trinajstić information content (AvgIpc) is 3.32. The second kappa shape index (κ2) is 15.8. The van der Waals surface area contributed by atoms with Crippen molar-refractivity contribution in [2.45, 2.75) is 73.0 Å². The molecule has 0 aliphatic rings. The highest BCUT2D eigenvalue weighted by Gasteiger charge is 2.26. The molecule has 1 N–H and O–H groups in total. The van der Waals surface area contributed by atoms with Crippen molar-refractivity contribution >= 4 is 16.1 Å². The molecule has 1 aromatic carbocycles. The highest BCUT2D eigenvalue weighted by atomic mass is 32.2. The molecule has 38 heavy (non-hydrogen) atoms. The second-order valence-electron chi connectivity index (χ2n) is 9.41. The fourth-order valence-corrected chi connectivity index (χ4v) is 5.70. The van der Waals surface area contributed by atoms with Crippen LogP contribution in [0.1, 0.15) is 70.7 Å². The van der Waals surface area contributed by atoms with Crippen molar-refractivity contribution in [2.75, 3.05) is 45.5 Å². The monoisotopic (exact) mass is 549 g/mol. The van der Waals surface area contributed by atoms with Gasteiger partial charge in [-0.2, -0.15) is 5.10 Å². The van der Waals surface area contributed by atoms with E-state index < -0.39 is 16.1 Å². The maximum atomic E-state index is 13.1. The van der Waals surface area contributed by atoms with Crippen LogP contribution in [-0.2, 0) is 29.5 Å². The Morgan fingerprint density at radius 2 is 1.68 bits per heavy atom. The maximum Gasteiger partial charge on any atom is 0.320 e. The minimum Gasteiger partial charge on any atom is -0.325 e. The summed E-state index contributed by atoms with van der Waals surface area (Å²) < 4.78 is 30.9. The third-order valence-electron chi connectivity index (χ3n) is 6.78. The van der Waals surface area contributed by atoms with Crippen LogP contribution in [0.5, 0.6) is 0 Å². The summed E-state index contributed by atoms with van der Waals surface area (Å²) in [6, 6.07) is 9.35. The van der Waals surface area contributed by atoms with Gasteiger partial charge in [-0.1, -0.05) is 44.2 Å². The van der Waals surface area contributed by atoms with Gasteiger partial charge in [-0.15, -0.1) is 0 Å². The molecule has 1 atom stereocenters. The Morgan fingerprint density at radius 3 is 2.26 bits per heavy atom. The molecular formula is C27H47N7O3S. The van der Waals surface area contributed by atoms with Crippen LogP contribution >= 0.6 is 0 Å². The van der Waals surface area contributed by atoms with Crippen molar-refractivity contribution in [3.63, 3.8) is 0 Å². The number of benzene rings is 1. The summed E-state index contributed by atoms with van der Waals surface area (Å²) in [5.41, 5.74) is 1.12. The lowest BCUT2D eigenvalue weighted by Gasteiger charge is -2.25. The van der Waals surface area contributed by atoms with E-state index in [1.54, 1.807) is 21.5 Å². The van der Waals surface area contributed by atoms with Crippen LogP contribution in [0.4, 0.5) is 4.79 Å². The van der Waals surface area contributed by atoms with Gasteiger partial charge < -0.3 is 14.7 Å². The zero-order valence-corrected chi connectivity index (χ0v) is 24.9. The maximum absolute atomic E-state index is 13.1. The summed E-state index contributed by atoms with van der Waals surface area (Å²) >= 11 is 0. The zero-order chi connectivity index (χ0) is 28.1. The molecule has 10 nitrogen and oxygen atoms in total. The third-order valence-corrected chi connectivity index (χ3v) is 8.25. The van der Waals surface area contributed by atoms with E-state index in [1.807, 2.05) is 51.1 Å².